The van der Waals surface area contributed by atoms with Gasteiger partial charge in [0, 0.05) is 5.56 Å². The zero-order valence-corrected chi connectivity index (χ0v) is 12.5. The van der Waals surface area contributed by atoms with Crippen molar-refractivity contribution >= 4 is 0 Å². The molecule has 1 N–H and O–H groups in total. The first kappa shape index (κ1) is 15.4. The average Bonchev–Trinajstić information content (AvgIpc) is 2.52. The SMILES string of the molecule is CCCOc1ccccc1C(NCC)c1ccc(F)cn1. The fraction of sp³-hybridized carbons (Fsp3) is 0.353. The van der Waals surface area contributed by atoms with Gasteiger partial charge in [-0.3, -0.25) is 4.98 Å². The first-order valence-electron chi connectivity index (χ1n) is 7.32. The van der Waals surface area contributed by atoms with Crippen LogP contribution >= 0.6 is 0 Å². The van der Waals surface area contributed by atoms with Crippen LogP contribution in [0.25, 0.3) is 0 Å². The lowest BCUT2D eigenvalue weighted by atomic mass is 10.0. The molecule has 21 heavy (non-hydrogen) atoms. The van der Waals surface area contributed by atoms with Crippen LogP contribution in [0.4, 0.5) is 4.39 Å². The van der Waals surface area contributed by atoms with Crippen molar-refractivity contribution in [2.45, 2.75) is 26.3 Å². The van der Waals surface area contributed by atoms with Crippen molar-refractivity contribution in [1.29, 1.82) is 0 Å². The zero-order chi connectivity index (χ0) is 15.1. The normalized spacial score (nSPS) is 12.1. The maximum Gasteiger partial charge on any atom is 0.141 e. The Hall–Kier alpha value is -1.94. The molecule has 0 saturated carbocycles. The molecule has 1 heterocycles. The number of nitrogens with zero attached hydrogens (tertiary/aromatic N) is 1. The molecule has 0 saturated heterocycles. The average molecular weight is 288 g/mol. The van der Waals surface area contributed by atoms with Gasteiger partial charge in [0.15, 0.2) is 0 Å². The number of halogens is 1. The number of rotatable bonds is 7. The summed E-state index contributed by atoms with van der Waals surface area (Å²) >= 11 is 0. The Balaban J connectivity index is 2.35. The number of ether oxygens (including phenoxy) is 1. The second kappa shape index (κ2) is 7.74. The molecule has 0 aliphatic carbocycles. The molecule has 1 aromatic carbocycles. The topological polar surface area (TPSA) is 34.1 Å². The third kappa shape index (κ3) is 4.02. The number of nitrogens with one attached hydrogen (secondary N) is 1. The summed E-state index contributed by atoms with van der Waals surface area (Å²) in [6.07, 6.45) is 2.20. The van der Waals surface area contributed by atoms with Crippen molar-refractivity contribution in [2.75, 3.05) is 13.2 Å². The van der Waals surface area contributed by atoms with E-state index in [2.05, 4.69) is 17.2 Å². The molecule has 0 aliphatic heterocycles. The van der Waals surface area contributed by atoms with Crippen LogP contribution in [0.1, 0.15) is 37.6 Å². The summed E-state index contributed by atoms with van der Waals surface area (Å²) in [6, 6.07) is 10.9. The summed E-state index contributed by atoms with van der Waals surface area (Å²) in [7, 11) is 0. The highest BCUT2D eigenvalue weighted by atomic mass is 19.1. The predicted molar refractivity (Wildman–Crippen MR) is 81.9 cm³/mol. The van der Waals surface area contributed by atoms with Crippen molar-refractivity contribution in [3.63, 3.8) is 0 Å². The molecule has 0 fully saturated rings. The molecule has 0 aliphatic rings. The molecule has 112 valence electrons. The number of pyridine rings is 1. The number of benzene rings is 1. The fourth-order valence-corrected chi connectivity index (χ4v) is 2.20. The maximum absolute atomic E-state index is 13.1. The van der Waals surface area contributed by atoms with Gasteiger partial charge in [-0.25, -0.2) is 4.39 Å². The van der Waals surface area contributed by atoms with Gasteiger partial charge >= 0.3 is 0 Å². The molecule has 0 amide bonds. The second-order valence-corrected chi connectivity index (χ2v) is 4.78. The molecule has 1 aromatic heterocycles. The third-order valence-corrected chi connectivity index (χ3v) is 3.15. The Labute approximate surface area is 125 Å². The highest BCUT2D eigenvalue weighted by Gasteiger charge is 2.18. The van der Waals surface area contributed by atoms with E-state index in [9.17, 15) is 4.39 Å². The van der Waals surface area contributed by atoms with Gasteiger partial charge in [-0.1, -0.05) is 32.0 Å². The van der Waals surface area contributed by atoms with Crippen LogP contribution in [-0.4, -0.2) is 18.1 Å². The maximum atomic E-state index is 13.1. The molecule has 1 unspecified atom stereocenters. The van der Waals surface area contributed by atoms with Crippen molar-refractivity contribution in [3.8, 4) is 5.75 Å². The van der Waals surface area contributed by atoms with E-state index in [1.807, 2.05) is 31.2 Å². The molecule has 0 radical (unpaired) electrons. The highest BCUT2D eigenvalue weighted by Crippen LogP contribution is 2.29. The molecule has 4 heteroatoms. The van der Waals surface area contributed by atoms with E-state index in [0.29, 0.717) is 6.61 Å². The first-order valence-corrected chi connectivity index (χ1v) is 7.32. The lowest BCUT2D eigenvalue weighted by Crippen LogP contribution is -2.23. The first-order chi connectivity index (χ1) is 10.3. The number of hydrogen-bond donors (Lipinski definition) is 1. The zero-order valence-electron chi connectivity index (χ0n) is 12.5. The van der Waals surface area contributed by atoms with Gasteiger partial charge in [-0.05, 0) is 31.2 Å². The van der Waals surface area contributed by atoms with Crippen LogP contribution < -0.4 is 10.1 Å². The Morgan fingerprint density at radius 3 is 2.67 bits per heavy atom. The molecule has 0 bridgehead atoms. The van der Waals surface area contributed by atoms with Crippen LogP contribution in [0.3, 0.4) is 0 Å². The Kier molecular flexibility index (Phi) is 5.69. The molecule has 1 atom stereocenters. The van der Waals surface area contributed by atoms with Crippen molar-refractivity contribution in [3.05, 3.63) is 59.7 Å². The summed E-state index contributed by atoms with van der Waals surface area (Å²) in [5, 5.41) is 3.39. The second-order valence-electron chi connectivity index (χ2n) is 4.78. The van der Waals surface area contributed by atoms with Gasteiger partial charge in [0.2, 0.25) is 0 Å². The van der Waals surface area contributed by atoms with Crippen LogP contribution in [0.2, 0.25) is 0 Å². The van der Waals surface area contributed by atoms with E-state index in [0.717, 1.165) is 30.0 Å². The van der Waals surface area contributed by atoms with E-state index >= 15 is 0 Å². The van der Waals surface area contributed by atoms with Gasteiger partial charge in [-0.15, -0.1) is 0 Å². The molecule has 2 rings (SSSR count). The summed E-state index contributed by atoms with van der Waals surface area (Å²) in [4.78, 5) is 4.20. The van der Waals surface area contributed by atoms with Crippen LogP contribution in [0.5, 0.6) is 5.75 Å². The monoisotopic (exact) mass is 288 g/mol. The van der Waals surface area contributed by atoms with E-state index in [4.69, 9.17) is 4.74 Å². The smallest absolute Gasteiger partial charge is 0.141 e. The Morgan fingerprint density at radius 2 is 2.00 bits per heavy atom. The lowest BCUT2D eigenvalue weighted by Gasteiger charge is -2.21. The van der Waals surface area contributed by atoms with Gasteiger partial charge < -0.3 is 10.1 Å². The number of hydrogen-bond acceptors (Lipinski definition) is 3. The quantitative estimate of drug-likeness (QED) is 0.843. The van der Waals surface area contributed by atoms with Crippen LogP contribution in [0, 0.1) is 5.82 Å². The van der Waals surface area contributed by atoms with Crippen LogP contribution in [-0.2, 0) is 0 Å². The summed E-state index contributed by atoms with van der Waals surface area (Å²) < 4.78 is 18.9. The minimum atomic E-state index is -0.329. The number of aromatic nitrogens is 1. The molecular weight excluding hydrogens is 267 g/mol. The fourth-order valence-electron chi connectivity index (χ4n) is 2.20. The van der Waals surface area contributed by atoms with E-state index in [-0.39, 0.29) is 11.9 Å². The van der Waals surface area contributed by atoms with Crippen LogP contribution in [0.15, 0.2) is 42.6 Å². The molecule has 2 aromatic rings. The van der Waals surface area contributed by atoms with Gasteiger partial charge in [0.25, 0.3) is 0 Å². The van der Waals surface area contributed by atoms with Crippen molar-refractivity contribution in [1.82, 2.24) is 10.3 Å². The standard InChI is InChI=1S/C17H21FN2O/c1-3-11-21-16-8-6-5-7-14(16)17(19-4-2)15-10-9-13(18)12-20-15/h5-10,12,17,19H,3-4,11H2,1-2H3. The van der Waals surface area contributed by atoms with Gasteiger partial charge in [-0.2, -0.15) is 0 Å². The molecule has 3 nitrogen and oxygen atoms in total. The van der Waals surface area contributed by atoms with E-state index < -0.39 is 0 Å². The van der Waals surface area contributed by atoms with Crippen molar-refractivity contribution < 1.29 is 9.13 Å². The minimum absolute atomic E-state index is 0.108. The van der Waals surface area contributed by atoms with Crippen molar-refractivity contribution in [2.24, 2.45) is 0 Å². The Bertz CT molecular complexity index is 557. The summed E-state index contributed by atoms with van der Waals surface area (Å²) in [6.45, 7) is 5.57. The molecule has 0 spiro atoms. The van der Waals surface area contributed by atoms with E-state index in [1.165, 1.54) is 12.3 Å². The largest absolute Gasteiger partial charge is 0.493 e. The lowest BCUT2D eigenvalue weighted by molar-refractivity contribution is 0.311. The Morgan fingerprint density at radius 1 is 1.19 bits per heavy atom. The predicted octanol–water partition coefficient (Wildman–Crippen LogP) is 3.71. The highest BCUT2D eigenvalue weighted by molar-refractivity contribution is 5.40. The van der Waals surface area contributed by atoms with E-state index in [1.54, 1.807) is 6.07 Å². The minimum Gasteiger partial charge on any atom is -0.493 e. The number of para-hydroxylation sites is 1. The van der Waals surface area contributed by atoms with Gasteiger partial charge in [0.05, 0.1) is 24.5 Å². The molecular formula is C17H21FN2O. The van der Waals surface area contributed by atoms with Gasteiger partial charge in [0.1, 0.15) is 11.6 Å². The summed E-state index contributed by atoms with van der Waals surface area (Å²) in [5.41, 5.74) is 1.80. The summed E-state index contributed by atoms with van der Waals surface area (Å²) in [5.74, 6) is 0.515. The third-order valence-electron chi connectivity index (χ3n) is 3.15.